The summed E-state index contributed by atoms with van der Waals surface area (Å²) in [6.07, 6.45) is 3.98. The van der Waals surface area contributed by atoms with Gasteiger partial charge >= 0.3 is 0 Å². The number of halogens is 1. The van der Waals surface area contributed by atoms with Crippen molar-refractivity contribution in [2.24, 2.45) is 5.92 Å². The second-order valence-corrected chi connectivity index (χ2v) is 4.98. The SMILES string of the molecule is CC1CCC(NCc2ccc(Br)o2)C1. The molecule has 3 heteroatoms. The molecule has 1 saturated carbocycles. The van der Waals surface area contributed by atoms with Gasteiger partial charge in [0.1, 0.15) is 5.76 Å². The van der Waals surface area contributed by atoms with E-state index >= 15 is 0 Å². The molecule has 0 saturated heterocycles. The molecule has 2 nitrogen and oxygen atoms in total. The molecule has 1 heterocycles. The lowest BCUT2D eigenvalue weighted by atomic mass is 10.1. The second kappa shape index (κ2) is 4.49. The van der Waals surface area contributed by atoms with Gasteiger partial charge in [-0.15, -0.1) is 0 Å². The Labute approximate surface area is 93.2 Å². The van der Waals surface area contributed by atoms with Crippen LogP contribution in [0.15, 0.2) is 21.2 Å². The predicted octanol–water partition coefficient (Wildman–Crippen LogP) is 3.32. The van der Waals surface area contributed by atoms with E-state index in [1.165, 1.54) is 19.3 Å². The van der Waals surface area contributed by atoms with Gasteiger partial charge in [-0.3, -0.25) is 0 Å². The summed E-state index contributed by atoms with van der Waals surface area (Å²) in [5.41, 5.74) is 0. The average molecular weight is 258 g/mol. The Bertz CT molecular complexity index is 297. The zero-order valence-electron chi connectivity index (χ0n) is 8.42. The van der Waals surface area contributed by atoms with E-state index in [0.29, 0.717) is 6.04 Å². The van der Waals surface area contributed by atoms with E-state index in [2.05, 4.69) is 28.2 Å². The standard InChI is InChI=1S/C11H16BrNO/c1-8-2-3-9(6-8)13-7-10-4-5-11(12)14-10/h4-5,8-9,13H,2-3,6-7H2,1H3. The molecule has 2 unspecified atom stereocenters. The molecule has 0 amide bonds. The molecule has 0 aliphatic heterocycles. The normalized spacial score (nSPS) is 27.0. The summed E-state index contributed by atoms with van der Waals surface area (Å²) in [5, 5.41) is 3.53. The molecular formula is C11H16BrNO. The average Bonchev–Trinajstić information content (AvgIpc) is 2.72. The maximum Gasteiger partial charge on any atom is 0.169 e. The Morgan fingerprint density at radius 2 is 2.36 bits per heavy atom. The Hall–Kier alpha value is -0.280. The highest BCUT2D eigenvalue weighted by atomic mass is 79.9. The van der Waals surface area contributed by atoms with Crippen LogP contribution in [0.1, 0.15) is 31.9 Å². The smallest absolute Gasteiger partial charge is 0.169 e. The molecule has 78 valence electrons. The van der Waals surface area contributed by atoms with Crippen molar-refractivity contribution in [3.63, 3.8) is 0 Å². The van der Waals surface area contributed by atoms with Gasteiger partial charge in [-0.05, 0) is 53.2 Å². The molecule has 0 spiro atoms. The first kappa shape index (κ1) is 10.2. The zero-order chi connectivity index (χ0) is 9.97. The van der Waals surface area contributed by atoms with Gasteiger partial charge < -0.3 is 9.73 Å². The van der Waals surface area contributed by atoms with Crippen LogP contribution in [0.5, 0.6) is 0 Å². The van der Waals surface area contributed by atoms with Crippen LogP contribution in [-0.2, 0) is 6.54 Å². The van der Waals surface area contributed by atoms with Gasteiger partial charge in [-0.1, -0.05) is 6.92 Å². The lowest BCUT2D eigenvalue weighted by Gasteiger charge is -2.10. The van der Waals surface area contributed by atoms with Gasteiger partial charge in [0.25, 0.3) is 0 Å². The molecule has 14 heavy (non-hydrogen) atoms. The monoisotopic (exact) mass is 257 g/mol. The Kier molecular flexibility index (Phi) is 3.29. The molecule has 0 bridgehead atoms. The van der Waals surface area contributed by atoms with Gasteiger partial charge in [0, 0.05) is 6.04 Å². The minimum Gasteiger partial charge on any atom is -0.453 e. The summed E-state index contributed by atoms with van der Waals surface area (Å²) >= 11 is 3.30. The van der Waals surface area contributed by atoms with Crippen molar-refractivity contribution in [3.05, 3.63) is 22.6 Å². The van der Waals surface area contributed by atoms with Crippen LogP contribution in [0.4, 0.5) is 0 Å². The number of nitrogens with one attached hydrogen (secondary N) is 1. The first-order valence-corrected chi connectivity index (χ1v) is 6.01. The summed E-state index contributed by atoms with van der Waals surface area (Å²) in [5.74, 6) is 1.90. The summed E-state index contributed by atoms with van der Waals surface area (Å²) in [4.78, 5) is 0. The second-order valence-electron chi connectivity index (χ2n) is 4.20. The van der Waals surface area contributed by atoms with E-state index < -0.39 is 0 Å². The van der Waals surface area contributed by atoms with Crippen molar-refractivity contribution < 1.29 is 4.42 Å². The first-order chi connectivity index (χ1) is 6.74. The van der Waals surface area contributed by atoms with Gasteiger partial charge in [0.05, 0.1) is 6.54 Å². The molecule has 1 aromatic rings. The highest BCUT2D eigenvalue weighted by Crippen LogP contribution is 2.25. The Morgan fingerprint density at radius 3 is 2.93 bits per heavy atom. The fourth-order valence-electron chi connectivity index (χ4n) is 2.08. The van der Waals surface area contributed by atoms with E-state index in [1.807, 2.05) is 12.1 Å². The van der Waals surface area contributed by atoms with Crippen LogP contribution < -0.4 is 5.32 Å². The van der Waals surface area contributed by atoms with Crippen LogP contribution in [0.3, 0.4) is 0 Å². The largest absolute Gasteiger partial charge is 0.453 e. The number of hydrogen-bond acceptors (Lipinski definition) is 2. The van der Waals surface area contributed by atoms with Crippen molar-refractivity contribution in [2.75, 3.05) is 0 Å². The maximum absolute atomic E-state index is 5.42. The summed E-state index contributed by atoms with van der Waals surface area (Å²) < 4.78 is 6.24. The quantitative estimate of drug-likeness (QED) is 0.899. The van der Waals surface area contributed by atoms with Crippen molar-refractivity contribution >= 4 is 15.9 Å². The van der Waals surface area contributed by atoms with E-state index in [4.69, 9.17) is 4.42 Å². The van der Waals surface area contributed by atoms with E-state index in [0.717, 1.165) is 22.9 Å². The van der Waals surface area contributed by atoms with E-state index in [1.54, 1.807) is 0 Å². The number of hydrogen-bond donors (Lipinski definition) is 1. The van der Waals surface area contributed by atoms with E-state index in [9.17, 15) is 0 Å². The summed E-state index contributed by atoms with van der Waals surface area (Å²) in [6.45, 7) is 3.17. The highest BCUT2D eigenvalue weighted by Gasteiger charge is 2.20. The van der Waals surface area contributed by atoms with Crippen LogP contribution in [0, 0.1) is 5.92 Å². The third-order valence-electron chi connectivity index (χ3n) is 2.89. The molecule has 2 rings (SSSR count). The lowest BCUT2D eigenvalue weighted by molar-refractivity contribution is 0.430. The first-order valence-electron chi connectivity index (χ1n) is 5.21. The fraction of sp³-hybridized carbons (Fsp3) is 0.636. The van der Waals surface area contributed by atoms with Crippen molar-refractivity contribution in [2.45, 2.75) is 38.8 Å². The molecule has 0 radical (unpaired) electrons. The molecule has 0 aromatic carbocycles. The van der Waals surface area contributed by atoms with Crippen LogP contribution in [0.2, 0.25) is 0 Å². The summed E-state index contributed by atoms with van der Waals surface area (Å²) in [7, 11) is 0. The zero-order valence-corrected chi connectivity index (χ0v) is 10.0. The molecule has 1 aromatic heterocycles. The lowest BCUT2D eigenvalue weighted by Crippen LogP contribution is -2.25. The van der Waals surface area contributed by atoms with Crippen molar-refractivity contribution in [3.8, 4) is 0 Å². The molecule has 1 N–H and O–H groups in total. The minimum absolute atomic E-state index is 0.689. The maximum atomic E-state index is 5.42. The Morgan fingerprint density at radius 1 is 1.50 bits per heavy atom. The summed E-state index contributed by atoms with van der Waals surface area (Å²) in [6, 6.07) is 4.64. The van der Waals surface area contributed by atoms with Crippen molar-refractivity contribution in [1.29, 1.82) is 0 Å². The third-order valence-corrected chi connectivity index (χ3v) is 3.31. The van der Waals surface area contributed by atoms with Gasteiger partial charge in [0.15, 0.2) is 4.67 Å². The molecule has 1 aliphatic carbocycles. The minimum atomic E-state index is 0.689. The van der Waals surface area contributed by atoms with Gasteiger partial charge in [0.2, 0.25) is 0 Å². The third kappa shape index (κ3) is 2.61. The topological polar surface area (TPSA) is 25.2 Å². The van der Waals surface area contributed by atoms with Crippen LogP contribution >= 0.6 is 15.9 Å². The van der Waals surface area contributed by atoms with Crippen molar-refractivity contribution in [1.82, 2.24) is 5.32 Å². The van der Waals surface area contributed by atoms with Crippen LogP contribution in [0.25, 0.3) is 0 Å². The Balaban J connectivity index is 1.77. The number of rotatable bonds is 3. The van der Waals surface area contributed by atoms with E-state index in [-0.39, 0.29) is 0 Å². The molecule has 1 aliphatic rings. The predicted molar refractivity (Wildman–Crippen MR) is 60.1 cm³/mol. The van der Waals surface area contributed by atoms with Crippen LogP contribution in [-0.4, -0.2) is 6.04 Å². The fourth-order valence-corrected chi connectivity index (χ4v) is 2.42. The molecule has 2 atom stereocenters. The van der Waals surface area contributed by atoms with Gasteiger partial charge in [-0.25, -0.2) is 0 Å². The van der Waals surface area contributed by atoms with Gasteiger partial charge in [-0.2, -0.15) is 0 Å². The molecule has 1 fully saturated rings. The molecular weight excluding hydrogens is 242 g/mol. The highest BCUT2D eigenvalue weighted by molar-refractivity contribution is 9.10. The number of furan rings is 1.